The molecule has 0 saturated heterocycles. The molecule has 5 heteroatoms. The molecule has 0 radical (unpaired) electrons. The molecule has 1 heterocycles. The third-order valence-corrected chi connectivity index (χ3v) is 4.83. The molecule has 102 valence electrons. The monoisotopic (exact) mass is 286 g/mol. The molecule has 0 aliphatic rings. The summed E-state index contributed by atoms with van der Waals surface area (Å²) in [5.41, 5.74) is 2.31. The summed E-state index contributed by atoms with van der Waals surface area (Å²) < 4.78 is 24.9. The van der Waals surface area contributed by atoms with Gasteiger partial charge in [0.1, 0.15) is 11.8 Å². The number of benzene rings is 1. The fourth-order valence-electron chi connectivity index (χ4n) is 2.09. The van der Waals surface area contributed by atoms with E-state index in [1.165, 1.54) is 6.20 Å². The molecule has 1 aromatic heterocycles. The lowest BCUT2D eigenvalue weighted by molar-refractivity contribution is 0.594. The Kier molecular flexibility index (Phi) is 3.86. The van der Waals surface area contributed by atoms with E-state index in [2.05, 4.69) is 4.98 Å². The summed E-state index contributed by atoms with van der Waals surface area (Å²) in [6, 6.07) is 10.4. The van der Waals surface area contributed by atoms with Crippen LogP contribution in [-0.4, -0.2) is 13.4 Å². The first-order valence-corrected chi connectivity index (χ1v) is 7.73. The summed E-state index contributed by atoms with van der Waals surface area (Å²) >= 11 is 0. The van der Waals surface area contributed by atoms with Crippen LogP contribution in [0.15, 0.2) is 41.4 Å². The molecule has 0 aliphatic carbocycles. The highest BCUT2D eigenvalue weighted by Crippen LogP contribution is 2.22. The van der Waals surface area contributed by atoms with Crippen molar-refractivity contribution in [3.05, 3.63) is 58.9 Å². The van der Waals surface area contributed by atoms with Crippen molar-refractivity contribution in [2.24, 2.45) is 0 Å². The summed E-state index contributed by atoms with van der Waals surface area (Å²) in [5.74, 6) is -0.215. The van der Waals surface area contributed by atoms with Crippen LogP contribution in [0.3, 0.4) is 0 Å². The molecular formula is C15H14N2O2S. The summed E-state index contributed by atoms with van der Waals surface area (Å²) in [7, 11) is -3.48. The van der Waals surface area contributed by atoms with Crippen molar-refractivity contribution in [2.75, 3.05) is 0 Å². The highest BCUT2D eigenvalue weighted by molar-refractivity contribution is 7.90. The average molecular weight is 286 g/mol. The minimum atomic E-state index is -3.48. The van der Waals surface area contributed by atoms with Crippen LogP contribution in [0.25, 0.3) is 0 Å². The number of rotatable bonds is 3. The molecule has 0 saturated carbocycles. The van der Waals surface area contributed by atoms with E-state index >= 15 is 0 Å². The quantitative estimate of drug-likeness (QED) is 0.869. The molecule has 0 spiro atoms. The van der Waals surface area contributed by atoms with E-state index in [0.29, 0.717) is 16.0 Å². The van der Waals surface area contributed by atoms with Gasteiger partial charge in [0.2, 0.25) is 0 Å². The van der Waals surface area contributed by atoms with Crippen LogP contribution in [0.1, 0.15) is 22.4 Å². The zero-order valence-corrected chi connectivity index (χ0v) is 12.1. The molecule has 0 aliphatic heterocycles. The predicted octanol–water partition coefficient (Wildman–Crippen LogP) is 2.54. The van der Waals surface area contributed by atoms with E-state index in [9.17, 15) is 8.42 Å². The van der Waals surface area contributed by atoms with Crippen molar-refractivity contribution in [3.63, 3.8) is 0 Å². The Bertz CT molecular complexity index is 790. The van der Waals surface area contributed by atoms with E-state index < -0.39 is 9.84 Å². The summed E-state index contributed by atoms with van der Waals surface area (Å²) in [5, 5.41) is 8.97. The molecule has 2 rings (SSSR count). The Balaban J connectivity index is 2.44. The zero-order valence-electron chi connectivity index (χ0n) is 11.3. The van der Waals surface area contributed by atoms with Crippen molar-refractivity contribution in [3.8, 4) is 6.07 Å². The molecule has 0 unspecified atom stereocenters. The lowest BCUT2D eigenvalue weighted by Gasteiger charge is -2.09. The number of hydrogen-bond donors (Lipinski definition) is 0. The van der Waals surface area contributed by atoms with Gasteiger partial charge >= 0.3 is 0 Å². The second kappa shape index (κ2) is 5.43. The van der Waals surface area contributed by atoms with Crippen LogP contribution < -0.4 is 0 Å². The second-order valence-electron chi connectivity index (χ2n) is 4.65. The van der Waals surface area contributed by atoms with Crippen LogP contribution in [0.5, 0.6) is 0 Å². The third-order valence-electron chi connectivity index (χ3n) is 3.01. The van der Waals surface area contributed by atoms with Crippen LogP contribution in [0.2, 0.25) is 0 Å². The first-order chi connectivity index (χ1) is 9.44. The Labute approximate surface area is 118 Å². The van der Waals surface area contributed by atoms with Gasteiger partial charge in [-0.05, 0) is 31.5 Å². The predicted molar refractivity (Wildman–Crippen MR) is 75.8 cm³/mol. The van der Waals surface area contributed by atoms with Crippen molar-refractivity contribution in [2.45, 2.75) is 24.5 Å². The normalized spacial score (nSPS) is 11.1. The Morgan fingerprint density at radius 3 is 2.65 bits per heavy atom. The van der Waals surface area contributed by atoms with Crippen molar-refractivity contribution >= 4 is 9.84 Å². The van der Waals surface area contributed by atoms with Gasteiger partial charge in [-0.3, -0.25) is 0 Å². The van der Waals surface area contributed by atoms with Gasteiger partial charge in [-0.25, -0.2) is 13.4 Å². The van der Waals surface area contributed by atoms with Crippen LogP contribution in [0.4, 0.5) is 0 Å². The van der Waals surface area contributed by atoms with Crippen molar-refractivity contribution < 1.29 is 8.42 Å². The minimum absolute atomic E-state index is 0.154. The maximum absolute atomic E-state index is 12.5. The average Bonchev–Trinajstić information content (AvgIpc) is 2.38. The van der Waals surface area contributed by atoms with Gasteiger partial charge in [-0.2, -0.15) is 5.26 Å². The highest BCUT2D eigenvalue weighted by atomic mass is 32.2. The fraction of sp³-hybridized carbons (Fsp3) is 0.200. The molecule has 0 fully saturated rings. The van der Waals surface area contributed by atoms with Gasteiger partial charge in [0.25, 0.3) is 0 Å². The number of aromatic nitrogens is 1. The smallest absolute Gasteiger partial charge is 0.182 e. The topological polar surface area (TPSA) is 70.8 Å². The fourth-order valence-corrected chi connectivity index (χ4v) is 3.71. The number of sulfone groups is 1. The number of aryl methyl sites for hydroxylation is 2. The number of hydrogen-bond acceptors (Lipinski definition) is 4. The van der Waals surface area contributed by atoms with E-state index in [1.54, 1.807) is 31.2 Å². The van der Waals surface area contributed by atoms with E-state index in [1.807, 2.05) is 19.1 Å². The molecule has 1 aromatic carbocycles. The SMILES string of the molecule is Cc1ccc(S(=O)(=O)Cc2cccnc2C#N)c(C)c1. The van der Waals surface area contributed by atoms with E-state index in [4.69, 9.17) is 5.26 Å². The molecule has 2 aromatic rings. The maximum atomic E-state index is 12.5. The van der Waals surface area contributed by atoms with Gasteiger partial charge in [-0.1, -0.05) is 23.8 Å². The van der Waals surface area contributed by atoms with Gasteiger partial charge in [0.05, 0.1) is 10.6 Å². The molecule has 0 atom stereocenters. The maximum Gasteiger partial charge on any atom is 0.182 e. The zero-order chi connectivity index (χ0) is 14.8. The molecule has 0 amide bonds. The summed E-state index contributed by atoms with van der Waals surface area (Å²) in [6.07, 6.45) is 1.48. The first-order valence-electron chi connectivity index (χ1n) is 6.08. The van der Waals surface area contributed by atoms with Gasteiger partial charge in [0.15, 0.2) is 9.84 Å². The lowest BCUT2D eigenvalue weighted by atomic mass is 10.2. The molecular weight excluding hydrogens is 272 g/mol. The number of nitrogens with zero attached hydrogens (tertiary/aromatic N) is 2. The van der Waals surface area contributed by atoms with Gasteiger partial charge < -0.3 is 0 Å². The molecule has 0 bridgehead atoms. The molecule has 4 nitrogen and oxygen atoms in total. The van der Waals surface area contributed by atoms with Gasteiger partial charge in [-0.15, -0.1) is 0 Å². The summed E-state index contributed by atoms with van der Waals surface area (Å²) in [4.78, 5) is 4.19. The van der Waals surface area contributed by atoms with Crippen LogP contribution in [0, 0.1) is 25.2 Å². The summed E-state index contributed by atoms with van der Waals surface area (Å²) in [6.45, 7) is 3.69. The highest BCUT2D eigenvalue weighted by Gasteiger charge is 2.19. The van der Waals surface area contributed by atoms with Crippen LogP contribution in [-0.2, 0) is 15.6 Å². The molecule has 0 N–H and O–H groups in total. The molecule has 20 heavy (non-hydrogen) atoms. The Hall–Kier alpha value is -2.19. The number of pyridine rings is 1. The van der Waals surface area contributed by atoms with Crippen LogP contribution >= 0.6 is 0 Å². The third kappa shape index (κ3) is 2.86. The Morgan fingerprint density at radius 1 is 1.25 bits per heavy atom. The van der Waals surface area contributed by atoms with Crippen molar-refractivity contribution in [1.29, 1.82) is 5.26 Å². The first kappa shape index (κ1) is 14.2. The number of nitriles is 1. The Morgan fingerprint density at radius 2 is 2.00 bits per heavy atom. The largest absolute Gasteiger partial charge is 0.245 e. The standard InChI is InChI=1S/C15H14N2O2S/c1-11-5-6-15(12(2)8-11)20(18,19)10-13-4-3-7-17-14(13)9-16/h3-8H,10H2,1-2H3. The van der Waals surface area contributed by atoms with E-state index in [0.717, 1.165) is 5.56 Å². The van der Waals surface area contributed by atoms with Crippen molar-refractivity contribution in [1.82, 2.24) is 4.98 Å². The van der Waals surface area contributed by atoms with E-state index in [-0.39, 0.29) is 11.4 Å². The van der Waals surface area contributed by atoms with Gasteiger partial charge in [0, 0.05) is 11.8 Å². The minimum Gasteiger partial charge on any atom is -0.245 e. The second-order valence-corrected chi connectivity index (χ2v) is 6.61. The lowest BCUT2D eigenvalue weighted by Crippen LogP contribution is -2.08.